The lowest BCUT2D eigenvalue weighted by molar-refractivity contribution is -0.139. The molecule has 2 heterocycles. The summed E-state index contributed by atoms with van der Waals surface area (Å²) in [7, 11) is 0. The number of aryl methyl sites for hydroxylation is 2. The van der Waals surface area contributed by atoms with Crippen molar-refractivity contribution in [1.82, 2.24) is 15.1 Å². The summed E-state index contributed by atoms with van der Waals surface area (Å²) in [5.74, 6) is -0.0397. The van der Waals surface area contributed by atoms with Crippen molar-refractivity contribution in [1.29, 1.82) is 0 Å². The summed E-state index contributed by atoms with van der Waals surface area (Å²) in [5.41, 5.74) is 1.54. The highest BCUT2D eigenvalue weighted by Gasteiger charge is 2.53. The monoisotopic (exact) mass is 357 g/mol. The van der Waals surface area contributed by atoms with Crippen LogP contribution in [0.3, 0.4) is 0 Å². The molecule has 1 aromatic rings. The molecular weight excluding hydrogens is 330 g/mol. The SMILES string of the molecule is Cc1ccc(CCC(=O)N2CCC3(CC2)NC(=O)N(C(C)C)C3=O)cc1. The van der Waals surface area contributed by atoms with Gasteiger partial charge < -0.3 is 10.2 Å². The van der Waals surface area contributed by atoms with Crippen molar-refractivity contribution in [3.63, 3.8) is 0 Å². The first kappa shape index (κ1) is 18.4. The van der Waals surface area contributed by atoms with Crippen LogP contribution in [-0.4, -0.2) is 52.3 Å². The van der Waals surface area contributed by atoms with Gasteiger partial charge in [-0.1, -0.05) is 29.8 Å². The number of nitrogens with one attached hydrogen (secondary N) is 1. The zero-order valence-electron chi connectivity index (χ0n) is 15.7. The Morgan fingerprint density at radius 3 is 2.31 bits per heavy atom. The zero-order valence-corrected chi connectivity index (χ0v) is 15.7. The van der Waals surface area contributed by atoms with Gasteiger partial charge in [0, 0.05) is 25.6 Å². The van der Waals surface area contributed by atoms with Crippen LogP contribution in [0.5, 0.6) is 0 Å². The van der Waals surface area contributed by atoms with Crippen molar-refractivity contribution >= 4 is 17.8 Å². The van der Waals surface area contributed by atoms with E-state index in [1.165, 1.54) is 10.5 Å². The van der Waals surface area contributed by atoms with Crippen molar-refractivity contribution in [2.75, 3.05) is 13.1 Å². The first-order valence-corrected chi connectivity index (χ1v) is 9.31. The minimum Gasteiger partial charge on any atom is -0.342 e. The van der Waals surface area contributed by atoms with Gasteiger partial charge in [-0.3, -0.25) is 14.5 Å². The Labute approximate surface area is 154 Å². The van der Waals surface area contributed by atoms with E-state index in [1.54, 1.807) is 0 Å². The molecule has 0 radical (unpaired) electrons. The van der Waals surface area contributed by atoms with Crippen molar-refractivity contribution in [3.8, 4) is 0 Å². The molecule has 2 aliphatic rings. The highest BCUT2D eigenvalue weighted by molar-refractivity contribution is 6.07. The molecule has 0 unspecified atom stereocenters. The number of hydrogen-bond acceptors (Lipinski definition) is 3. The second kappa shape index (κ2) is 7.09. The molecule has 1 spiro atoms. The average Bonchev–Trinajstić information content (AvgIpc) is 2.84. The molecular formula is C20H27N3O3. The average molecular weight is 357 g/mol. The van der Waals surface area contributed by atoms with Crippen molar-refractivity contribution < 1.29 is 14.4 Å². The van der Waals surface area contributed by atoms with Crippen LogP contribution in [0.15, 0.2) is 24.3 Å². The highest BCUT2D eigenvalue weighted by atomic mass is 16.2. The van der Waals surface area contributed by atoms with Gasteiger partial charge in [-0.15, -0.1) is 0 Å². The molecule has 1 N–H and O–H groups in total. The Kier molecular flexibility index (Phi) is 5.03. The van der Waals surface area contributed by atoms with Crippen LogP contribution in [0.25, 0.3) is 0 Å². The first-order chi connectivity index (χ1) is 12.3. The molecule has 6 nitrogen and oxygen atoms in total. The molecule has 0 aliphatic carbocycles. The van der Waals surface area contributed by atoms with Crippen LogP contribution >= 0.6 is 0 Å². The lowest BCUT2D eigenvalue weighted by Gasteiger charge is -2.37. The summed E-state index contributed by atoms with van der Waals surface area (Å²) in [6.07, 6.45) is 2.15. The second-order valence-electron chi connectivity index (χ2n) is 7.65. The van der Waals surface area contributed by atoms with Gasteiger partial charge >= 0.3 is 6.03 Å². The molecule has 1 aromatic carbocycles. The normalized spacial score (nSPS) is 19.4. The van der Waals surface area contributed by atoms with E-state index in [1.807, 2.05) is 25.7 Å². The third-order valence-electron chi connectivity index (χ3n) is 5.43. The molecule has 140 valence electrons. The van der Waals surface area contributed by atoms with Gasteiger partial charge in [-0.2, -0.15) is 0 Å². The van der Waals surface area contributed by atoms with Crippen LogP contribution in [0, 0.1) is 6.92 Å². The molecule has 0 aromatic heterocycles. The van der Waals surface area contributed by atoms with Gasteiger partial charge in [-0.05, 0) is 45.6 Å². The summed E-state index contributed by atoms with van der Waals surface area (Å²) in [5, 5.41) is 2.87. The minimum absolute atomic E-state index is 0.109. The largest absolute Gasteiger partial charge is 0.342 e. The number of urea groups is 1. The van der Waals surface area contributed by atoms with Crippen LogP contribution in [0.4, 0.5) is 4.79 Å². The highest BCUT2D eigenvalue weighted by Crippen LogP contribution is 2.30. The number of rotatable bonds is 4. The molecule has 0 atom stereocenters. The van der Waals surface area contributed by atoms with E-state index in [-0.39, 0.29) is 23.9 Å². The Morgan fingerprint density at radius 2 is 1.77 bits per heavy atom. The van der Waals surface area contributed by atoms with Gasteiger partial charge in [-0.25, -0.2) is 4.79 Å². The van der Waals surface area contributed by atoms with Crippen molar-refractivity contribution in [2.45, 2.75) is 58.0 Å². The lowest BCUT2D eigenvalue weighted by atomic mass is 9.87. The standard InChI is InChI=1S/C20H27N3O3/c1-14(2)23-18(25)20(21-19(23)26)10-12-22(13-11-20)17(24)9-8-16-6-4-15(3)5-7-16/h4-7,14H,8-13H2,1-3H3,(H,21,26). The predicted octanol–water partition coefficient (Wildman–Crippen LogP) is 2.25. The molecule has 2 saturated heterocycles. The van der Waals surface area contributed by atoms with Crippen LogP contribution in [0.1, 0.15) is 44.2 Å². The Balaban J connectivity index is 1.55. The summed E-state index contributed by atoms with van der Waals surface area (Å²) in [6, 6.07) is 7.75. The number of hydrogen-bond donors (Lipinski definition) is 1. The molecule has 0 saturated carbocycles. The summed E-state index contributed by atoms with van der Waals surface area (Å²) in [4.78, 5) is 40.4. The fourth-order valence-electron chi connectivity index (χ4n) is 3.75. The van der Waals surface area contributed by atoms with Gasteiger partial charge in [0.2, 0.25) is 5.91 Å². The number of nitrogens with zero attached hydrogens (tertiary/aromatic N) is 2. The molecule has 6 heteroatoms. The minimum atomic E-state index is -0.824. The van der Waals surface area contributed by atoms with Crippen LogP contribution < -0.4 is 5.32 Å². The summed E-state index contributed by atoms with van der Waals surface area (Å²) < 4.78 is 0. The van der Waals surface area contributed by atoms with Gasteiger partial charge in [0.15, 0.2) is 0 Å². The molecule has 2 aliphatic heterocycles. The third kappa shape index (κ3) is 3.45. The van der Waals surface area contributed by atoms with E-state index in [2.05, 4.69) is 29.6 Å². The van der Waals surface area contributed by atoms with Crippen molar-refractivity contribution in [2.24, 2.45) is 0 Å². The topological polar surface area (TPSA) is 69.7 Å². The maximum atomic E-state index is 12.7. The quantitative estimate of drug-likeness (QED) is 0.840. The number of likely N-dealkylation sites (tertiary alicyclic amines) is 1. The smallest absolute Gasteiger partial charge is 0.325 e. The van der Waals surface area contributed by atoms with Crippen LogP contribution in [0.2, 0.25) is 0 Å². The molecule has 0 bridgehead atoms. The fourth-order valence-corrected chi connectivity index (χ4v) is 3.75. The Morgan fingerprint density at radius 1 is 1.15 bits per heavy atom. The van der Waals surface area contributed by atoms with E-state index in [4.69, 9.17) is 0 Å². The number of carbonyl (C=O) groups excluding carboxylic acids is 3. The summed E-state index contributed by atoms with van der Waals surface area (Å²) >= 11 is 0. The lowest BCUT2D eigenvalue weighted by Crippen LogP contribution is -2.56. The Hall–Kier alpha value is -2.37. The first-order valence-electron chi connectivity index (χ1n) is 9.31. The molecule has 4 amide bonds. The fraction of sp³-hybridized carbons (Fsp3) is 0.550. The van der Waals surface area contributed by atoms with Gasteiger partial charge in [0.05, 0.1) is 0 Å². The molecule has 26 heavy (non-hydrogen) atoms. The third-order valence-corrected chi connectivity index (χ3v) is 5.43. The predicted molar refractivity (Wildman–Crippen MR) is 98.6 cm³/mol. The van der Waals surface area contributed by atoms with Gasteiger partial charge in [0.1, 0.15) is 5.54 Å². The van der Waals surface area contributed by atoms with Crippen molar-refractivity contribution in [3.05, 3.63) is 35.4 Å². The number of carbonyl (C=O) groups is 3. The maximum absolute atomic E-state index is 12.7. The number of benzene rings is 1. The number of piperidine rings is 1. The summed E-state index contributed by atoms with van der Waals surface area (Å²) in [6.45, 7) is 6.72. The maximum Gasteiger partial charge on any atom is 0.325 e. The zero-order chi connectivity index (χ0) is 18.9. The van der Waals surface area contributed by atoms with E-state index in [0.717, 1.165) is 12.0 Å². The van der Waals surface area contributed by atoms with E-state index in [9.17, 15) is 14.4 Å². The van der Waals surface area contributed by atoms with E-state index >= 15 is 0 Å². The van der Waals surface area contributed by atoms with E-state index < -0.39 is 5.54 Å². The molecule has 3 rings (SSSR count). The number of imide groups is 1. The Bertz CT molecular complexity index is 704. The molecule has 2 fully saturated rings. The second-order valence-corrected chi connectivity index (χ2v) is 7.65. The van der Waals surface area contributed by atoms with E-state index in [0.29, 0.717) is 32.4 Å². The van der Waals surface area contributed by atoms with Crippen LogP contribution in [-0.2, 0) is 16.0 Å². The van der Waals surface area contributed by atoms with Gasteiger partial charge in [0.25, 0.3) is 5.91 Å². The number of amides is 4.